The van der Waals surface area contributed by atoms with Crippen LogP contribution in [0.15, 0.2) is 0 Å². The summed E-state index contributed by atoms with van der Waals surface area (Å²) >= 11 is 0. The monoisotopic (exact) mass is 307 g/mol. The zero-order valence-corrected chi connectivity index (χ0v) is 14.9. The van der Waals surface area contributed by atoms with Crippen molar-refractivity contribution in [1.82, 2.24) is 5.32 Å². The van der Waals surface area contributed by atoms with Crippen molar-refractivity contribution in [3.8, 4) is 0 Å². The molecule has 126 valence electrons. The van der Waals surface area contributed by atoms with Gasteiger partial charge in [-0.3, -0.25) is 4.79 Å². The van der Waals surface area contributed by atoms with E-state index in [2.05, 4.69) is 39.9 Å². The maximum Gasteiger partial charge on any atom is 0.220 e. The van der Waals surface area contributed by atoms with Crippen molar-refractivity contribution in [3.63, 3.8) is 0 Å². The Kier molecular flexibility index (Phi) is 4.08. The van der Waals surface area contributed by atoms with Crippen LogP contribution in [-0.2, 0) is 9.53 Å². The molecule has 3 fully saturated rings. The van der Waals surface area contributed by atoms with Crippen LogP contribution in [0.5, 0.6) is 0 Å². The molecule has 3 rings (SSSR count). The van der Waals surface area contributed by atoms with E-state index in [0.29, 0.717) is 35.8 Å². The van der Waals surface area contributed by atoms with Crippen molar-refractivity contribution in [3.05, 3.63) is 0 Å². The van der Waals surface area contributed by atoms with Crippen LogP contribution in [-0.4, -0.2) is 24.7 Å². The van der Waals surface area contributed by atoms with E-state index in [1.807, 2.05) is 0 Å². The van der Waals surface area contributed by atoms with Crippen LogP contribution in [0.3, 0.4) is 0 Å². The number of hydrogen-bond acceptors (Lipinski definition) is 2. The lowest BCUT2D eigenvalue weighted by atomic mass is 9.59. The largest absolute Gasteiger partial charge is 0.378 e. The third kappa shape index (κ3) is 2.31. The molecule has 3 heteroatoms. The summed E-state index contributed by atoms with van der Waals surface area (Å²) in [5.41, 5.74) is 0.512. The molecule has 2 bridgehead atoms. The first kappa shape index (κ1) is 16.3. The summed E-state index contributed by atoms with van der Waals surface area (Å²) in [6.07, 6.45) is 5.86. The van der Waals surface area contributed by atoms with Gasteiger partial charge >= 0.3 is 0 Å². The van der Waals surface area contributed by atoms with Crippen LogP contribution in [0.2, 0.25) is 0 Å². The number of fused-ring (bicyclic) bond motifs is 1. The zero-order chi connectivity index (χ0) is 16.1. The zero-order valence-electron chi connectivity index (χ0n) is 14.9. The van der Waals surface area contributed by atoms with Gasteiger partial charge in [-0.1, -0.05) is 34.6 Å². The van der Waals surface area contributed by atoms with E-state index in [4.69, 9.17) is 4.74 Å². The highest BCUT2D eigenvalue weighted by Crippen LogP contribution is 2.68. The predicted molar refractivity (Wildman–Crippen MR) is 88.5 cm³/mol. The molecule has 0 radical (unpaired) electrons. The first-order valence-corrected chi connectivity index (χ1v) is 9.22. The number of carbonyl (C=O) groups is 1. The minimum atomic E-state index is 0.221. The number of amides is 1. The van der Waals surface area contributed by atoms with Gasteiger partial charge in [-0.15, -0.1) is 0 Å². The van der Waals surface area contributed by atoms with E-state index >= 15 is 0 Å². The quantitative estimate of drug-likeness (QED) is 0.858. The van der Waals surface area contributed by atoms with Gasteiger partial charge in [0.2, 0.25) is 5.91 Å². The van der Waals surface area contributed by atoms with E-state index in [-0.39, 0.29) is 11.3 Å². The molecule has 1 saturated heterocycles. The number of hydrogen-bond donors (Lipinski definition) is 1. The van der Waals surface area contributed by atoms with Crippen molar-refractivity contribution in [2.24, 2.45) is 28.6 Å². The smallest absolute Gasteiger partial charge is 0.220 e. The fourth-order valence-corrected chi connectivity index (χ4v) is 5.90. The molecule has 1 heterocycles. The van der Waals surface area contributed by atoms with Gasteiger partial charge in [0.25, 0.3) is 0 Å². The fourth-order valence-electron chi connectivity index (χ4n) is 5.90. The van der Waals surface area contributed by atoms with Crippen LogP contribution < -0.4 is 5.32 Å². The Hall–Kier alpha value is -0.570. The second-order valence-corrected chi connectivity index (χ2v) is 8.96. The van der Waals surface area contributed by atoms with Gasteiger partial charge in [-0.2, -0.15) is 0 Å². The van der Waals surface area contributed by atoms with E-state index in [1.165, 1.54) is 12.8 Å². The molecule has 5 atom stereocenters. The number of rotatable bonds is 4. The molecule has 0 aromatic rings. The minimum Gasteiger partial charge on any atom is -0.378 e. The normalized spacial score (nSPS) is 42.5. The Morgan fingerprint density at radius 1 is 1.36 bits per heavy atom. The fraction of sp³-hybridized carbons (Fsp3) is 0.947. The summed E-state index contributed by atoms with van der Waals surface area (Å²) in [5.74, 6) is 2.05. The standard InChI is InChI=1S/C19H33NO2/c1-6-15-14-10-13-11-19(14,7-8-22-15)17(18(13,4)5)20-16(21)9-12(2)3/h12-15,17H,6-11H2,1-5H3,(H,20,21)/t13-,14-,15-,17-,19?/m1/s1. The third-order valence-electron chi connectivity index (χ3n) is 6.92. The summed E-state index contributed by atoms with van der Waals surface area (Å²) in [7, 11) is 0. The summed E-state index contributed by atoms with van der Waals surface area (Å²) in [5, 5.41) is 3.47. The van der Waals surface area contributed by atoms with Gasteiger partial charge in [0.1, 0.15) is 0 Å². The van der Waals surface area contributed by atoms with Crippen LogP contribution in [0.25, 0.3) is 0 Å². The van der Waals surface area contributed by atoms with Crippen molar-refractivity contribution in [2.75, 3.05) is 6.61 Å². The molecule has 22 heavy (non-hydrogen) atoms. The van der Waals surface area contributed by atoms with Crippen LogP contribution in [0, 0.1) is 28.6 Å². The molecule has 2 aliphatic carbocycles. The highest BCUT2D eigenvalue weighted by atomic mass is 16.5. The van der Waals surface area contributed by atoms with E-state index < -0.39 is 0 Å². The summed E-state index contributed by atoms with van der Waals surface area (Å²) in [6.45, 7) is 12.1. The van der Waals surface area contributed by atoms with Gasteiger partial charge in [-0.05, 0) is 54.3 Å². The van der Waals surface area contributed by atoms with Crippen LogP contribution in [0.4, 0.5) is 0 Å². The lowest BCUT2D eigenvalue weighted by molar-refractivity contribution is -0.136. The van der Waals surface area contributed by atoms with Crippen LogP contribution >= 0.6 is 0 Å². The predicted octanol–water partition coefficient (Wildman–Crippen LogP) is 3.77. The van der Waals surface area contributed by atoms with Gasteiger partial charge in [0, 0.05) is 19.1 Å². The molecule has 3 nitrogen and oxygen atoms in total. The van der Waals surface area contributed by atoms with E-state index in [1.54, 1.807) is 0 Å². The Balaban J connectivity index is 1.85. The maximum absolute atomic E-state index is 12.5. The van der Waals surface area contributed by atoms with E-state index in [9.17, 15) is 4.79 Å². The highest BCUT2D eigenvalue weighted by Gasteiger charge is 2.68. The molecule has 1 spiro atoms. The molecular formula is C19H33NO2. The first-order valence-electron chi connectivity index (χ1n) is 9.22. The third-order valence-corrected chi connectivity index (χ3v) is 6.92. The topological polar surface area (TPSA) is 38.3 Å². The maximum atomic E-state index is 12.5. The molecular weight excluding hydrogens is 274 g/mol. The van der Waals surface area contributed by atoms with Gasteiger partial charge in [0.15, 0.2) is 0 Å². The SMILES string of the molecule is CC[C@H]1OCCC23C[C@@H](C[C@H]12)C(C)(C)[C@H]3NC(=O)CC(C)C. The highest BCUT2D eigenvalue weighted by molar-refractivity contribution is 5.76. The van der Waals surface area contributed by atoms with Crippen LogP contribution in [0.1, 0.15) is 66.7 Å². The molecule has 0 aromatic heterocycles. The Bertz CT molecular complexity index is 445. The second-order valence-electron chi connectivity index (χ2n) is 8.96. The van der Waals surface area contributed by atoms with Gasteiger partial charge in [0.05, 0.1) is 6.10 Å². The number of carbonyl (C=O) groups excluding carboxylic acids is 1. The van der Waals surface area contributed by atoms with Crippen molar-refractivity contribution < 1.29 is 9.53 Å². The lowest BCUT2D eigenvalue weighted by Crippen LogP contribution is -2.60. The Morgan fingerprint density at radius 3 is 2.73 bits per heavy atom. The van der Waals surface area contributed by atoms with Crippen molar-refractivity contribution >= 4 is 5.91 Å². The Morgan fingerprint density at radius 2 is 2.09 bits per heavy atom. The molecule has 1 amide bonds. The minimum absolute atomic E-state index is 0.221. The average molecular weight is 307 g/mol. The molecule has 0 aromatic carbocycles. The second kappa shape index (κ2) is 5.51. The Labute approximate surface area is 135 Å². The molecule has 1 aliphatic heterocycles. The molecule has 1 N–H and O–H groups in total. The summed E-state index contributed by atoms with van der Waals surface area (Å²) in [6, 6.07) is 0.327. The van der Waals surface area contributed by atoms with E-state index in [0.717, 1.165) is 25.4 Å². The number of nitrogens with one attached hydrogen (secondary N) is 1. The van der Waals surface area contributed by atoms with Gasteiger partial charge in [-0.25, -0.2) is 0 Å². The number of ether oxygens (including phenoxy) is 1. The molecule has 3 aliphatic rings. The molecule has 2 saturated carbocycles. The first-order chi connectivity index (χ1) is 10.3. The lowest BCUT2D eigenvalue weighted by Gasteiger charge is -2.53. The van der Waals surface area contributed by atoms with Crippen molar-refractivity contribution in [1.29, 1.82) is 0 Å². The average Bonchev–Trinajstić information content (AvgIpc) is 2.91. The molecule has 1 unspecified atom stereocenters. The van der Waals surface area contributed by atoms with Crippen molar-refractivity contribution in [2.45, 2.75) is 78.9 Å². The summed E-state index contributed by atoms with van der Waals surface area (Å²) in [4.78, 5) is 12.5. The van der Waals surface area contributed by atoms with Gasteiger partial charge < -0.3 is 10.1 Å². The summed E-state index contributed by atoms with van der Waals surface area (Å²) < 4.78 is 6.06.